The second-order valence-corrected chi connectivity index (χ2v) is 6.46. The lowest BCUT2D eigenvalue weighted by molar-refractivity contribution is 0.0426. The van der Waals surface area contributed by atoms with E-state index in [0.29, 0.717) is 12.5 Å². The van der Waals surface area contributed by atoms with Crippen LogP contribution in [-0.4, -0.2) is 18.4 Å². The average molecular weight is 278 g/mol. The number of ether oxygens (including phenoxy) is 1. The minimum Gasteiger partial charge on any atom is -0.460 e. The van der Waals surface area contributed by atoms with Gasteiger partial charge in [0.2, 0.25) is 11.5 Å². The van der Waals surface area contributed by atoms with Gasteiger partial charge in [0.05, 0.1) is 6.61 Å². The van der Waals surface area contributed by atoms with Crippen LogP contribution in [0.2, 0.25) is 0 Å². The van der Waals surface area contributed by atoms with Gasteiger partial charge >= 0.3 is 5.97 Å². The fourth-order valence-corrected chi connectivity index (χ4v) is 2.11. The molecule has 0 bridgehead atoms. The smallest absolute Gasteiger partial charge is 0.374 e. The SMILES string of the molecule is CC(C)(C)C(=O)c1ccc(C(=O)OCCC2CCC2)o1. The second-order valence-electron chi connectivity index (χ2n) is 6.46. The standard InChI is InChI=1S/C16H22O4/c1-16(2,3)14(17)12-7-8-13(20-12)15(18)19-10-9-11-5-4-6-11/h7-8,11H,4-6,9-10H2,1-3H3. The molecule has 0 amide bonds. The van der Waals surface area contributed by atoms with Crippen molar-refractivity contribution in [3.63, 3.8) is 0 Å². The van der Waals surface area contributed by atoms with Gasteiger partial charge in [-0.3, -0.25) is 4.79 Å². The third-order valence-electron chi connectivity index (χ3n) is 3.70. The summed E-state index contributed by atoms with van der Waals surface area (Å²) in [6.07, 6.45) is 4.68. The first-order valence-corrected chi connectivity index (χ1v) is 7.19. The second kappa shape index (κ2) is 5.81. The Morgan fingerprint density at radius 2 is 1.90 bits per heavy atom. The first-order valence-electron chi connectivity index (χ1n) is 7.19. The zero-order valence-electron chi connectivity index (χ0n) is 12.4. The van der Waals surface area contributed by atoms with E-state index in [-0.39, 0.29) is 17.3 Å². The Labute approximate surface area is 119 Å². The summed E-state index contributed by atoms with van der Waals surface area (Å²) < 4.78 is 10.5. The predicted octanol–water partition coefficient (Wildman–Crippen LogP) is 3.86. The van der Waals surface area contributed by atoms with E-state index in [1.807, 2.05) is 20.8 Å². The molecule has 20 heavy (non-hydrogen) atoms. The molecule has 0 N–H and O–H groups in total. The topological polar surface area (TPSA) is 56.5 Å². The number of carbonyl (C=O) groups excluding carboxylic acids is 2. The van der Waals surface area contributed by atoms with E-state index in [1.165, 1.54) is 31.4 Å². The molecule has 0 radical (unpaired) electrons. The van der Waals surface area contributed by atoms with Gasteiger partial charge in [0.15, 0.2) is 5.76 Å². The fraction of sp³-hybridized carbons (Fsp3) is 0.625. The minimum absolute atomic E-state index is 0.103. The third kappa shape index (κ3) is 3.50. The molecule has 0 aliphatic heterocycles. The summed E-state index contributed by atoms with van der Waals surface area (Å²) in [6.45, 7) is 5.87. The lowest BCUT2D eigenvalue weighted by Crippen LogP contribution is -2.19. The molecule has 1 fully saturated rings. The van der Waals surface area contributed by atoms with Crippen molar-refractivity contribution >= 4 is 11.8 Å². The number of hydrogen-bond acceptors (Lipinski definition) is 4. The summed E-state index contributed by atoms with van der Waals surface area (Å²) in [6, 6.07) is 3.04. The Bertz CT molecular complexity index is 489. The molecular formula is C16H22O4. The van der Waals surface area contributed by atoms with Gasteiger partial charge in [-0.25, -0.2) is 4.79 Å². The Hall–Kier alpha value is -1.58. The summed E-state index contributed by atoms with van der Waals surface area (Å²) in [5.41, 5.74) is -0.525. The number of carbonyl (C=O) groups is 2. The quantitative estimate of drug-likeness (QED) is 0.606. The molecule has 1 saturated carbocycles. The van der Waals surface area contributed by atoms with Crippen molar-refractivity contribution in [2.45, 2.75) is 46.5 Å². The number of esters is 1. The maximum atomic E-state index is 12.0. The van der Waals surface area contributed by atoms with Crippen molar-refractivity contribution in [2.75, 3.05) is 6.61 Å². The molecule has 0 unspecified atom stereocenters. The van der Waals surface area contributed by atoms with Crippen molar-refractivity contribution in [3.8, 4) is 0 Å². The molecule has 1 heterocycles. The molecule has 1 aliphatic rings. The highest BCUT2D eigenvalue weighted by atomic mass is 16.5. The van der Waals surface area contributed by atoms with Crippen LogP contribution in [0.3, 0.4) is 0 Å². The maximum Gasteiger partial charge on any atom is 0.374 e. The number of hydrogen-bond donors (Lipinski definition) is 0. The third-order valence-corrected chi connectivity index (χ3v) is 3.70. The first-order chi connectivity index (χ1) is 9.38. The van der Waals surface area contributed by atoms with Gasteiger partial charge in [-0.05, 0) is 24.5 Å². The van der Waals surface area contributed by atoms with Crippen LogP contribution in [0.15, 0.2) is 16.5 Å². The van der Waals surface area contributed by atoms with E-state index in [0.717, 1.165) is 6.42 Å². The molecule has 4 nitrogen and oxygen atoms in total. The van der Waals surface area contributed by atoms with Crippen molar-refractivity contribution in [2.24, 2.45) is 11.3 Å². The number of Topliss-reactive ketones (excluding diaryl/α,β-unsaturated/α-hetero) is 1. The molecule has 2 rings (SSSR count). The minimum atomic E-state index is -0.525. The van der Waals surface area contributed by atoms with E-state index >= 15 is 0 Å². The Kier molecular flexibility index (Phi) is 4.31. The highest BCUT2D eigenvalue weighted by Gasteiger charge is 2.27. The van der Waals surface area contributed by atoms with Crippen LogP contribution in [0.1, 0.15) is 67.6 Å². The maximum absolute atomic E-state index is 12.0. The molecule has 1 aromatic heterocycles. The van der Waals surface area contributed by atoms with Gasteiger partial charge in [0, 0.05) is 5.41 Å². The molecular weight excluding hydrogens is 256 g/mol. The molecule has 1 aliphatic carbocycles. The van der Waals surface area contributed by atoms with Gasteiger partial charge < -0.3 is 9.15 Å². The van der Waals surface area contributed by atoms with Crippen LogP contribution in [0.4, 0.5) is 0 Å². The molecule has 1 aromatic rings. The Morgan fingerprint density at radius 1 is 1.25 bits per heavy atom. The van der Waals surface area contributed by atoms with E-state index in [4.69, 9.17) is 9.15 Å². The average Bonchev–Trinajstić information content (AvgIpc) is 2.79. The van der Waals surface area contributed by atoms with Crippen LogP contribution < -0.4 is 0 Å². The summed E-state index contributed by atoms with van der Waals surface area (Å²) in [5, 5.41) is 0. The molecule has 0 spiro atoms. The van der Waals surface area contributed by atoms with Crippen molar-refractivity contribution in [3.05, 3.63) is 23.7 Å². The van der Waals surface area contributed by atoms with Crippen molar-refractivity contribution in [1.82, 2.24) is 0 Å². The van der Waals surface area contributed by atoms with Crippen molar-refractivity contribution < 1.29 is 18.7 Å². The molecule has 0 aromatic carbocycles. The highest BCUT2D eigenvalue weighted by molar-refractivity contribution is 5.98. The lowest BCUT2D eigenvalue weighted by atomic mass is 9.83. The molecule has 4 heteroatoms. The number of rotatable bonds is 5. The van der Waals surface area contributed by atoms with Gasteiger partial charge in [-0.15, -0.1) is 0 Å². The van der Waals surface area contributed by atoms with Crippen LogP contribution in [0.25, 0.3) is 0 Å². The predicted molar refractivity (Wildman–Crippen MR) is 74.7 cm³/mol. The zero-order chi connectivity index (χ0) is 14.8. The van der Waals surface area contributed by atoms with E-state index in [9.17, 15) is 9.59 Å². The summed E-state index contributed by atoms with van der Waals surface area (Å²) in [5.74, 6) is 0.412. The van der Waals surface area contributed by atoms with Gasteiger partial charge in [-0.1, -0.05) is 40.0 Å². The van der Waals surface area contributed by atoms with Gasteiger partial charge in [0.25, 0.3) is 0 Å². The van der Waals surface area contributed by atoms with E-state index < -0.39 is 11.4 Å². The lowest BCUT2D eigenvalue weighted by Gasteiger charge is -2.24. The summed E-state index contributed by atoms with van der Waals surface area (Å²) in [7, 11) is 0. The van der Waals surface area contributed by atoms with Crippen molar-refractivity contribution in [1.29, 1.82) is 0 Å². The monoisotopic (exact) mass is 278 g/mol. The van der Waals surface area contributed by atoms with E-state index in [2.05, 4.69) is 0 Å². The Morgan fingerprint density at radius 3 is 2.45 bits per heavy atom. The first kappa shape index (κ1) is 14.8. The molecule has 0 saturated heterocycles. The fourth-order valence-electron chi connectivity index (χ4n) is 2.11. The van der Waals surface area contributed by atoms with Gasteiger partial charge in [-0.2, -0.15) is 0 Å². The largest absolute Gasteiger partial charge is 0.460 e. The number of furan rings is 1. The molecule has 0 atom stereocenters. The van der Waals surface area contributed by atoms with Crippen LogP contribution in [0.5, 0.6) is 0 Å². The normalized spacial score (nSPS) is 15.8. The van der Waals surface area contributed by atoms with Crippen LogP contribution in [-0.2, 0) is 4.74 Å². The summed E-state index contributed by atoms with van der Waals surface area (Å²) >= 11 is 0. The summed E-state index contributed by atoms with van der Waals surface area (Å²) in [4.78, 5) is 23.8. The van der Waals surface area contributed by atoms with Crippen LogP contribution >= 0.6 is 0 Å². The zero-order valence-corrected chi connectivity index (χ0v) is 12.4. The van der Waals surface area contributed by atoms with Crippen LogP contribution in [0, 0.1) is 11.3 Å². The van der Waals surface area contributed by atoms with E-state index in [1.54, 1.807) is 0 Å². The Balaban J connectivity index is 1.87. The highest BCUT2D eigenvalue weighted by Crippen LogP contribution is 2.29. The van der Waals surface area contributed by atoms with Gasteiger partial charge in [0.1, 0.15) is 0 Å². The molecule has 110 valence electrons. The number of ketones is 1.